The van der Waals surface area contributed by atoms with E-state index in [0.717, 1.165) is 25.2 Å². The van der Waals surface area contributed by atoms with Gasteiger partial charge in [-0.05, 0) is 35.7 Å². The summed E-state index contributed by atoms with van der Waals surface area (Å²) in [4.78, 5) is 11.8. The Morgan fingerprint density at radius 2 is 2.22 bits per heavy atom. The molecular formula is C15H14O3. The first kappa shape index (κ1) is 11.1. The van der Waals surface area contributed by atoms with E-state index in [1.807, 2.05) is 12.1 Å². The summed E-state index contributed by atoms with van der Waals surface area (Å²) in [7, 11) is 0. The van der Waals surface area contributed by atoms with Crippen molar-refractivity contribution in [2.45, 2.75) is 19.3 Å². The molecule has 92 valence electrons. The van der Waals surface area contributed by atoms with Crippen molar-refractivity contribution in [3.63, 3.8) is 0 Å². The number of Topliss-reactive ketones (excluding diaryl/α,β-unsaturated/α-hetero) is 1. The van der Waals surface area contributed by atoms with Gasteiger partial charge in [-0.3, -0.25) is 4.79 Å². The Balaban J connectivity index is 1.65. The van der Waals surface area contributed by atoms with E-state index < -0.39 is 0 Å². The second-order valence-electron chi connectivity index (χ2n) is 4.44. The molecule has 3 nitrogen and oxygen atoms in total. The molecule has 2 aromatic rings. The fourth-order valence-electron chi connectivity index (χ4n) is 2.21. The molecule has 0 atom stereocenters. The quantitative estimate of drug-likeness (QED) is 0.773. The lowest BCUT2D eigenvalue weighted by molar-refractivity contribution is 0.0956. The molecule has 2 heterocycles. The second kappa shape index (κ2) is 4.69. The first-order valence-electron chi connectivity index (χ1n) is 6.14. The van der Waals surface area contributed by atoms with Crippen LogP contribution in [-0.4, -0.2) is 12.4 Å². The molecule has 3 heteroatoms. The standard InChI is InChI=1S/C15H14O3/c16-13(15-2-1-8-17-15)5-3-11-4-6-14-12(10-11)7-9-18-14/h1-2,4,6,8,10H,3,5,7,9H2. The smallest absolute Gasteiger partial charge is 0.198 e. The number of fused-ring (bicyclic) bond motifs is 1. The molecule has 1 aliphatic heterocycles. The zero-order valence-corrected chi connectivity index (χ0v) is 10.0. The molecule has 0 aliphatic carbocycles. The molecule has 1 aliphatic rings. The van der Waals surface area contributed by atoms with Gasteiger partial charge in [-0.2, -0.15) is 0 Å². The molecule has 0 spiro atoms. The first-order valence-corrected chi connectivity index (χ1v) is 6.14. The van der Waals surface area contributed by atoms with Crippen molar-refractivity contribution in [3.8, 4) is 5.75 Å². The van der Waals surface area contributed by atoms with Crippen molar-refractivity contribution in [1.29, 1.82) is 0 Å². The molecule has 0 bridgehead atoms. The summed E-state index contributed by atoms with van der Waals surface area (Å²) in [6.45, 7) is 0.768. The van der Waals surface area contributed by atoms with Gasteiger partial charge in [-0.25, -0.2) is 0 Å². The van der Waals surface area contributed by atoms with Gasteiger partial charge in [0, 0.05) is 12.8 Å². The molecule has 0 unspecified atom stereocenters. The Bertz CT molecular complexity index is 555. The third-order valence-corrected chi connectivity index (χ3v) is 3.19. The highest BCUT2D eigenvalue weighted by atomic mass is 16.5. The summed E-state index contributed by atoms with van der Waals surface area (Å²) in [5.41, 5.74) is 2.43. The van der Waals surface area contributed by atoms with Crippen LogP contribution in [0.25, 0.3) is 0 Å². The van der Waals surface area contributed by atoms with Gasteiger partial charge in [0.15, 0.2) is 11.5 Å². The van der Waals surface area contributed by atoms with Crippen LogP contribution in [0.1, 0.15) is 28.1 Å². The number of rotatable bonds is 4. The normalized spacial score (nSPS) is 13.1. The van der Waals surface area contributed by atoms with Crippen molar-refractivity contribution in [2.24, 2.45) is 0 Å². The van der Waals surface area contributed by atoms with E-state index in [4.69, 9.17) is 9.15 Å². The van der Waals surface area contributed by atoms with E-state index in [1.54, 1.807) is 12.1 Å². The van der Waals surface area contributed by atoms with Crippen LogP contribution < -0.4 is 4.74 Å². The number of carbonyl (C=O) groups is 1. The van der Waals surface area contributed by atoms with Crippen molar-refractivity contribution in [1.82, 2.24) is 0 Å². The van der Waals surface area contributed by atoms with Crippen molar-refractivity contribution < 1.29 is 13.9 Å². The van der Waals surface area contributed by atoms with E-state index in [1.165, 1.54) is 17.4 Å². The average molecular weight is 242 g/mol. The number of carbonyl (C=O) groups excluding carboxylic acids is 1. The van der Waals surface area contributed by atoms with Crippen molar-refractivity contribution in [2.75, 3.05) is 6.61 Å². The molecule has 1 aromatic carbocycles. The van der Waals surface area contributed by atoms with Crippen molar-refractivity contribution >= 4 is 5.78 Å². The summed E-state index contributed by atoms with van der Waals surface area (Å²) < 4.78 is 10.5. The minimum atomic E-state index is 0.0525. The second-order valence-corrected chi connectivity index (χ2v) is 4.44. The predicted octanol–water partition coefficient (Wildman–Crippen LogP) is 3.03. The van der Waals surface area contributed by atoms with Gasteiger partial charge in [0.05, 0.1) is 12.9 Å². The maximum absolute atomic E-state index is 11.8. The molecule has 18 heavy (non-hydrogen) atoms. The van der Waals surface area contributed by atoms with Gasteiger partial charge in [-0.15, -0.1) is 0 Å². The summed E-state index contributed by atoms with van der Waals surface area (Å²) in [5.74, 6) is 1.48. The van der Waals surface area contributed by atoms with E-state index >= 15 is 0 Å². The van der Waals surface area contributed by atoms with Gasteiger partial charge in [-0.1, -0.05) is 12.1 Å². The number of furan rings is 1. The van der Waals surface area contributed by atoms with Gasteiger partial charge in [0.25, 0.3) is 0 Å². The van der Waals surface area contributed by atoms with Crippen LogP contribution in [0.5, 0.6) is 5.75 Å². The molecular weight excluding hydrogens is 228 g/mol. The zero-order valence-electron chi connectivity index (χ0n) is 10.0. The SMILES string of the molecule is O=C(CCc1ccc2c(c1)CCO2)c1ccco1. The van der Waals surface area contributed by atoms with Gasteiger partial charge in [0.2, 0.25) is 0 Å². The van der Waals surface area contributed by atoms with E-state index in [0.29, 0.717) is 12.2 Å². The van der Waals surface area contributed by atoms with Crippen LogP contribution in [0.4, 0.5) is 0 Å². The molecule has 0 saturated carbocycles. The topological polar surface area (TPSA) is 39.4 Å². The van der Waals surface area contributed by atoms with Gasteiger partial charge < -0.3 is 9.15 Å². The molecule has 0 fully saturated rings. The fourth-order valence-corrected chi connectivity index (χ4v) is 2.21. The van der Waals surface area contributed by atoms with Gasteiger partial charge in [0.1, 0.15) is 5.75 Å². The fraction of sp³-hybridized carbons (Fsp3) is 0.267. The third kappa shape index (κ3) is 2.16. The van der Waals surface area contributed by atoms with Crippen LogP contribution in [0.3, 0.4) is 0 Å². The number of aryl methyl sites for hydroxylation is 1. The molecule has 0 radical (unpaired) electrons. The maximum Gasteiger partial charge on any atom is 0.198 e. The maximum atomic E-state index is 11.8. The Morgan fingerprint density at radius 3 is 3.06 bits per heavy atom. The van der Waals surface area contributed by atoms with E-state index in [2.05, 4.69) is 6.07 Å². The van der Waals surface area contributed by atoms with Crippen LogP contribution in [0, 0.1) is 0 Å². The number of ketones is 1. The molecule has 0 N–H and O–H groups in total. The molecule has 3 rings (SSSR count). The molecule has 1 aromatic heterocycles. The summed E-state index contributed by atoms with van der Waals surface area (Å²) >= 11 is 0. The summed E-state index contributed by atoms with van der Waals surface area (Å²) in [5, 5.41) is 0. The van der Waals surface area contributed by atoms with Crippen LogP contribution in [0.15, 0.2) is 41.0 Å². The minimum Gasteiger partial charge on any atom is -0.493 e. The van der Waals surface area contributed by atoms with Gasteiger partial charge >= 0.3 is 0 Å². The Labute approximate surface area is 105 Å². The number of hydrogen-bond donors (Lipinski definition) is 0. The summed E-state index contributed by atoms with van der Waals surface area (Å²) in [6.07, 6.45) is 3.72. The number of hydrogen-bond acceptors (Lipinski definition) is 3. The van der Waals surface area contributed by atoms with E-state index in [-0.39, 0.29) is 5.78 Å². The lowest BCUT2D eigenvalue weighted by Crippen LogP contribution is -1.99. The Kier molecular flexibility index (Phi) is 2.89. The number of ether oxygens (including phenoxy) is 1. The van der Waals surface area contributed by atoms with Crippen LogP contribution >= 0.6 is 0 Å². The average Bonchev–Trinajstić information content (AvgIpc) is 3.05. The Hall–Kier alpha value is -2.03. The van der Waals surface area contributed by atoms with Crippen LogP contribution in [-0.2, 0) is 12.8 Å². The highest BCUT2D eigenvalue weighted by molar-refractivity contribution is 5.93. The highest BCUT2D eigenvalue weighted by Crippen LogP contribution is 2.26. The molecule has 0 amide bonds. The largest absolute Gasteiger partial charge is 0.493 e. The first-order chi connectivity index (χ1) is 8.83. The summed E-state index contributed by atoms with van der Waals surface area (Å²) in [6, 6.07) is 9.60. The lowest BCUT2D eigenvalue weighted by atomic mass is 10.0. The predicted molar refractivity (Wildman–Crippen MR) is 67.0 cm³/mol. The lowest BCUT2D eigenvalue weighted by Gasteiger charge is -2.03. The van der Waals surface area contributed by atoms with Crippen LogP contribution in [0.2, 0.25) is 0 Å². The number of benzene rings is 1. The van der Waals surface area contributed by atoms with E-state index in [9.17, 15) is 4.79 Å². The minimum absolute atomic E-state index is 0.0525. The Morgan fingerprint density at radius 1 is 1.28 bits per heavy atom. The third-order valence-electron chi connectivity index (χ3n) is 3.19. The molecule has 0 saturated heterocycles. The zero-order chi connectivity index (χ0) is 12.4. The van der Waals surface area contributed by atoms with Crippen molar-refractivity contribution in [3.05, 3.63) is 53.5 Å². The monoisotopic (exact) mass is 242 g/mol. The highest BCUT2D eigenvalue weighted by Gasteiger charge is 2.13.